The van der Waals surface area contributed by atoms with Crippen molar-refractivity contribution in [1.29, 1.82) is 0 Å². The highest BCUT2D eigenvalue weighted by molar-refractivity contribution is 5.70. The second-order valence-corrected chi connectivity index (χ2v) is 25.9. The number of rotatable bonds is 68. The van der Waals surface area contributed by atoms with Crippen LogP contribution in [-0.2, 0) is 33.3 Å². The van der Waals surface area contributed by atoms with Crippen LogP contribution in [0.2, 0.25) is 0 Å². The Kier molecular flexibility index (Phi) is 63.0. The summed E-state index contributed by atoms with van der Waals surface area (Å²) in [7, 11) is 5.95. The zero-order valence-electron chi connectivity index (χ0n) is 55.4. The average Bonchev–Trinajstić information content (AvgIpc) is 3.45. The molecule has 0 N–H and O–H groups in total. The van der Waals surface area contributed by atoms with Gasteiger partial charge in [-0.25, -0.2) is 0 Å². The van der Waals surface area contributed by atoms with Gasteiger partial charge in [0.2, 0.25) is 0 Å². The standard InChI is InChI=1S/C73H139NO8/c1-6-8-10-12-14-16-18-20-22-24-26-28-30-31-32-33-34-35-36-37-38-39-40-41-42-44-46-48-50-52-54-56-58-60-62-64-71(76)82-69(68-81-73(72(77)78)79-66-65-74(3,4)5)67-80-70(75)63-61-59-57-55-53-51-49-47-45-43-29-27-25-23-21-19-17-15-13-11-9-7-2/h18,20,24,26,69,73H,6-17,19,21-23,25,27-68H2,1-5H3/b20-18-,26-24-. The number of hydrogen-bond acceptors (Lipinski definition) is 8. The zero-order valence-corrected chi connectivity index (χ0v) is 55.4. The van der Waals surface area contributed by atoms with E-state index in [1.807, 2.05) is 21.1 Å². The lowest BCUT2D eigenvalue weighted by atomic mass is 10.0. The van der Waals surface area contributed by atoms with Crippen LogP contribution in [0.5, 0.6) is 0 Å². The minimum absolute atomic E-state index is 0.152. The van der Waals surface area contributed by atoms with Crippen molar-refractivity contribution in [1.82, 2.24) is 0 Å². The third kappa shape index (κ3) is 65.3. The maximum Gasteiger partial charge on any atom is 0.306 e. The van der Waals surface area contributed by atoms with E-state index in [9.17, 15) is 19.5 Å². The number of esters is 2. The molecule has 0 aromatic carbocycles. The Balaban J connectivity index is 4.00. The molecule has 484 valence electrons. The van der Waals surface area contributed by atoms with E-state index >= 15 is 0 Å². The van der Waals surface area contributed by atoms with Crippen molar-refractivity contribution in [2.24, 2.45) is 0 Å². The lowest BCUT2D eigenvalue weighted by molar-refractivity contribution is -0.870. The first-order chi connectivity index (χ1) is 40.1. The maximum atomic E-state index is 12.9. The fraction of sp³-hybridized carbons (Fsp3) is 0.904. The van der Waals surface area contributed by atoms with Gasteiger partial charge in [0.15, 0.2) is 12.4 Å². The van der Waals surface area contributed by atoms with Gasteiger partial charge in [0.1, 0.15) is 13.2 Å². The molecule has 9 nitrogen and oxygen atoms in total. The van der Waals surface area contributed by atoms with Crippen LogP contribution in [0.4, 0.5) is 0 Å². The van der Waals surface area contributed by atoms with Gasteiger partial charge in [0.05, 0.1) is 40.3 Å². The number of allylic oxidation sites excluding steroid dienone is 4. The number of quaternary nitrogens is 1. The zero-order chi connectivity index (χ0) is 59.8. The Hall–Kier alpha value is -2.23. The average molecular weight is 1160 g/mol. The smallest absolute Gasteiger partial charge is 0.306 e. The summed E-state index contributed by atoms with van der Waals surface area (Å²) in [6.45, 7) is 4.82. The second kappa shape index (κ2) is 64.8. The molecule has 9 heteroatoms. The van der Waals surface area contributed by atoms with Gasteiger partial charge in [-0.15, -0.1) is 0 Å². The molecule has 0 saturated carbocycles. The highest BCUT2D eigenvalue weighted by Crippen LogP contribution is 2.19. The summed E-state index contributed by atoms with van der Waals surface area (Å²) in [4.78, 5) is 37.5. The van der Waals surface area contributed by atoms with Crippen molar-refractivity contribution < 1.29 is 42.9 Å². The minimum atomic E-state index is -1.62. The lowest BCUT2D eigenvalue weighted by Crippen LogP contribution is -2.44. The van der Waals surface area contributed by atoms with Gasteiger partial charge in [-0.1, -0.05) is 334 Å². The number of likely N-dealkylation sites (N-methyl/N-ethyl adjacent to an activating group) is 1. The van der Waals surface area contributed by atoms with Gasteiger partial charge >= 0.3 is 11.9 Å². The third-order valence-corrected chi connectivity index (χ3v) is 16.5. The molecule has 0 aliphatic heterocycles. The predicted octanol–water partition coefficient (Wildman–Crippen LogP) is 20.9. The molecular weight excluding hydrogens is 1020 g/mol. The molecule has 0 bridgehead atoms. The van der Waals surface area contributed by atoms with Crippen LogP contribution >= 0.6 is 0 Å². The Morgan fingerprint density at radius 1 is 0.366 bits per heavy atom. The minimum Gasteiger partial charge on any atom is -0.545 e. The Morgan fingerprint density at radius 3 is 0.963 bits per heavy atom. The topological polar surface area (TPSA) is 111 Å². The number of carbonyl (C=O) groups is 3. The van der Waals surface area contributed by atoms with Crippen molar-refractivity contribution in [3.8, 4) is 0 Å². The van der Waals surface area contributed by atoms with Crippen LogP contribution in [0.1, 0.15) is 367 Å². The van der Waals surface area contributed by atoms with E-state index in [0.717, 1.165) is 44.9 Å². The molecule has 0 rings (SSSR count). The predicted molar refractivity (Wildman–Crippen MR) is 348 cm³/mol. The van der Waals surface area contributed by atoms with Crippen molar-refractivity contribution >= 4 is 17.9 Å². The van der Waals surface area contributed by atoms with Gasteiger partial charge in [-0.3, -0.25) is 9.59 Å². The normalized spacial score (nSPS) is 12.7. The number of aliphatic carboxylic acids is 1. The summed E-state index contributed by atoms with van der Waals surface area (Å²) < 4.78 is 22.8. The first-order valence-corrected chi connectivity index (χ1v) is 36.0. The van der Waals surface area contributed by atoms with Crippen LogP contribution in [0.3, 0.4) is 0 Å². The van der Waals surface area contributed by atoms with E-state index in [0.29, 0.717) is 17.4 Å². The number of unbranched alkanes of at least 4 members (excludes halogenated alkanes) is 49. The van der Waals surface area contributed by atoms with Gasteiger partial charge in [0, 0.05) is 12.8 Å². The molecule has 0 aliphatic rings. The Bertz CT molecular complexity index is 1390. The van der Waals surface area contributed by atoms with Crippen molar-refractivity contribution in [3.05, 3.63) is 24.3 Å². The first-order valence-electron chi connectivity index (χ1n) is 36.0. The quantitative estimate of drug-likeness (QED) is 0.0195. The van der Waals surface area contributed by atoms with E-state index in [1.165, 1.54) is 295 Å². The van der Waals surface area contributed by atoms with Gasteiger partial charge in [-0.05, 0) is 44.9 Å². The van der Waals surface area contributed by atoms with E-state index in [2.05, 4.69) is 38.2 Å². The summed E-state index contributed by atoms with van der Waals surface area (Å²) in [5, 5.41) is 11.8. The molecule has 0 spiro atoms. The highest BCUT2D eigenvalue weighted by Gasteiger charge is 2.22. The van der Waals surface area contributed by atoms with E-state index in [1.54, 1.807) is 0 Å². The molecule has 0 amide bonds. The van der Waals surface area contributed by atoms with Crippen LogP contribution in [0, 0.1) is 0 Å². The third-order valence-electron chi connectivity index (χ3n) is 16.5. The van der Waals surface area contributed by atoms with Gasteiger partial charge in [0.25, 0.3) is 0 Å². The summed E-state index contributed by atoms with van der Waals surface area (Å²) in [6, 6.07) is 0. The molecule has 0 aliphatic carbocycles. The number of carbonyl (C=O) groups excluding carboxylic acids is 3. The number of hydrogen-bond donors (Lipinski definition) is 0. The Labute approximate surface area is 509 Å². The van der Waals surface area contributed by atoms with Crippen LogP contribution in [-0.4, -0.2) is 82.3 Å². The molecule has 2 atom stereocenters. The van der Waals surface area contributed by atoms with Crippen molar-refractivity contribution in [2.75, 3.05) is 47.5 Å². The highest BCUT2D eigenvalue weighted by atomic mass is 16.7. The Morgan fingerprint density at radius 2 is 0.659 bits per heavy atom. The molecule has 0 aromatic heterocycles. The summed E-state index contributed by atoms with van der Waals surface area (Å²) in [5.74, 6) is -2.25. The summed E-state index contributed by atoms with van der Waals surface area (Å²) in [6.07, 6.45) is 77.0. The molecule has 0 aromatic rings. The molecule has 0 fully saturated rings. The number of ether oxygens (including phenoxy) is 4. The number of nitrogens with zero attached hydrogens (tertiary/aromatic N) is 1. The molecule has 0 saturated heterocycles. The maximum absolute atomic E-state index is 12.9. The van der Waals surface area contributed by atoms with Gasteiger partial charge < -0.3 is 33.3 Å². The fourth-order valence-electron chi connectivity index (χ4n) is 10.9. The lowest BCUT2D eigenvalue weighted by Gasteiger charge is -2.26. The summed E-state index contributed by atoms with van der Waals surface area (Å²) in [5.41, 5.74) is 0. The fourth-order valence-corrected chi connectivity index (χ4v) is 10.9. The van der Waals surface area contributed by atoms with Gasteiger partial charge in [-0.2, -0.15) is 0 Å². The van der Waals surface area contributed by atoms with Crippen molar-refractivity contribution in [2.45, 2.75) is 379 Å². The molecule has 82 heavy (non-hydrogen) atoms. The van der Waals surface area contributed by atoms with E-state index in [-0.39, 0.29) is 32.2 Å². The largest absolute Gasteiger partial charge is 0.545 e. The van der Waals surface area contributed by atoms with Crippen LogP contribution in [0.25, 0.3) is 0 Å². The van der Waals surface area contributed by atoms with Crippen molar-refractivity contribution in [3.63, 3.8) is 0 Å². The summed E-state index contributed by atoms with van der Waals surface area (Å²) >= 11 is 0. The molecular formula is C73H139NO8. The van der Waals surface area contributed by atoms with Crippen LogP contribution in [0.15, 0.2) is 24.3 Å². The molecule has 0 heterocycles. The SMILES string of the molecule is CCCCCCC/C=C\C/C=C\CCCCCCCCCCCCCCCCCCCCCCCCCC(=O)OC(COC(=O)CCCCCCCCCCCCCCCCCCCCCCCC)COC(OCC[N+](C)(C)C)C(=O)[O-]. The second-order valence-electron chi connectivity index (χ2n) is 25.9. The molecule has 2 unspecified atom stereocenters. The first kappa shape index (κ1) is 79.8. The van der Waals surface area contributed by atoms with E-state index in [4.69, 9.17) is 18.9 Å². The van der Waals surface area contributed by atoms with E-state index < -0.39 is 24.3 Å². The van der Waals surface area contributed by atoms with Crippen LogP contribution < -0.4 is 5.11 Å². The number of carboxylic acids is 1. The molecule has 0 radical (unpaired) electrons. The number of carboxylic acid groups (broad SMARTS) is 1. The monoisotopic (exact) mass is 1160 g/mol.